The van der Waals surface area contributed by atoms with Gasteiger partial charge in [-0.1, -0.05) is 19.9 Å². The number of aliphatic hydroxyl groups is 1. The predicted molar refractivity (Wildman–Crippen MR) is 131 cm³/mol. The molecule has 1 aromatic carbocycles. The van der Waals surface area contributed by atoms with Crippen LogP contribution in [-0.4, -0.2) is 33.5 Å². The third-order valence-corrected chi connectivity index (χ3v) is 6.89. The molecule has 1 N–H and O–H groups in total. The highest BCUT2D eigenvalue weighted by molar-refractivity contribution is 7.08. The molecule has 4 rings (SSSR count). The summed E-state index contributed by atoms with van der Waals surface area (Å²) in [6.07, 6.45) is -2.96. The van der Waals surface area contributed by atoms with E-state index in [1.54, 1.807) is 26.0 Å². The SMILES string of the molecule is COc1ccc(-c2ccsc2)cc1C(C)(C)CC(O)(Cn1ccc(=O)c2cccnc21)C(F)(F)F. The van der Waals surface area contributed by atoms with Gasteiger partial charge in [-0.3, -0.25) is 4.79 Å². The van der Waals surface area contributed by atoms with Crippen LogP contribution in [-0.2, 0) is 12.0 Å². The molecular weight excluding hydrogens is 477 g/mol. The van der Waals surface area contributed by atoms with E-state index in [4.69, 9.17) is 4.74 Å². The lowest BCUT2D eigenvalue weighted by Crippen LogP contribution is -2.52. The Kier molecular flexibility index (Phi) is 6.50. The number of hydrogen-bond donors (Lipinski definition) is 1. The minimum Gasteiger partial charge on any atom is -0.496 e. The van der Waals surface area contributed by atoms with Crippen LogP contribution in [0.3, 0.4) is 0 Å². The molecule has 0 fully saturated rings. The van der Waals surface area contributed by atoms with Crippen LogP contribution < -0.4 is 10.2 Å². The Hall–Kier alpha value is -3.17. The summed E-state index contributed by atoms with van der Waals surface area (Å²) in [6, 6.07) is 11.6. The smallest absolute Gasteiger partial charge is 0.418 e. The van der Waals surface area contributed by atoms with Gasteiger partial charge >= 0.3 is 6.18 Å². The quantitative estimate of drug-likeness (QED) is 0.347. The molecule has 184 valence electrons. The number of halogens is 3. The molecule has 9 heteroatoms. The van der Waals surface area contributed by atoms with Gasteiger partial charge in [-0.25, -0.2) is 4.98 Å². The molecule has 1 unspecified atom stereocenters. The number of benzene rings is 1. The molecule has 0 aliphatic rings. The molecule has 5 nitrogen and oxygen atoms in total. The normalized spacial score (nSPS) is 14.1. The van der Waals surface area contributed by atoms with Crippen molar-refractivity contribution in [3.8, 4) is 16.9 Å². The molecule has 3 aromatic heterocycles. The van der Waals surface area contributed by atoms with E-state index in [2.05, 4.69) is 4.98 Å². The standard InChI is InChI=1S/C26H25F3N2O3S/c1-24(2,20-13-17(6-7-22(20)34-3)18-9-12-35-14-18)15-25(33,26(27,28)29)16-31-11-8-21(32)19-5-4-10-30-23(19)31/h4-14,33H,15-16H2,1-3H3. The summed E-state index contributed by atoms with van der Waals surface area (Å²) in [5.41, 5.74) is -2.17. The minimum absolute atomic E-state index is 0.0810. The second kappa shape index (κ2) is 9.13. The van der Waals surface area contributed by atoms with Gasteiger partial charge in [0.1, 0.15) is 11.4 Å². The molecule has 0 aliphatic heterocycles. The Morgan fingerprint density at radius 1 is 1.11 bits per heavy atom. The third kappa shape index (κ3) is 4.83. The number of hydrogen-bond acceptors (Lipinski definition) is 5. The van der Waals surface area contributed by atoms with Crippen molar-refractivity contribution in [3.05, 3.63) is 81.4 Å². The van der Waals surface area contributed by atoms with Gasteiger partial charge in [-0.2, -0.15) is 24.5 Å². The monoisotopic (exact) mass is 502 g/mol. The molecular formula is C26H25F3N2O3S. The number of pyridine rings is 2. The maximum atomic E-state index is 14.4. The number of methoxy groups -OCH3 is 1. The summed E-state index contributed by atoms with van der Waals surface area (Å²) in [5, 5.41) is 15.2. The summed E-state index contributed by atoms with van der Waals surface area (Å²) in [4.78, 5) is 16.3. The van der Waals surface area contributed by atoms with E-state index in [9.17, 15) is 23.1 Å². The predicted octanol–water partition coefficient (Wildman–Crippen LogP) is 5.79. The average molecular weight is 503 g/mol. The molecule has 0 bridgehead atoms. The van der Waals surface area contributed by atoms with Crippen molar-refractivity contribution in [2.75, 3.05) is 7.11 Å². The number of aromatic nitrogens is 2. The lowest BCUT2D eigenvalue weighted by Gasteiger charge is -2.39. The first-order chi connectivity index (χ1) is 16.4. The van der Waals surface area contributed by atoms with E-state index in [1.165, 1.54) is 47.5 Å². The van der Waals surface area contributed by atoms with E-state index in [0.717, 1.165) is 11.1 Å². The zero-order chi connectivity index (χ0) is 25.4. The second-order valence-corrected chi connectivity index (χ2v) is 9.98. The van der Waals surface area contributed by atoms with Crippen LogP contribution in [0.5, 0.6) is 5.75 Å². The van der Waals surface area contributed by atoms with E-state index in [-0.39, 0.29) is 16.5 Å². The first-order valence-electron chi connectivity index (χ1n) is 10.9. The number of fused-ring (bicyclic) bond motifs is 1. The first kappa shape index (κ1) is 24.9. The maximum absolute atomic E-state index is 14.4. The molecule has 0 saturated heterocycles. The van der Waals surface area contributed by atoms with Crippen molar-refractivity contribution < 1.29 is 23.0 Å². The Balaban J connectivity index is 1.77. The summed E-state index contributed by atoms with van der Waals surface area (Å²) >= 11 is 1.52. The van der Waals surface area contributed by atoms with Crippen molar-refractivity contribution in [1.29, 1.82) is 0 Å². The number of nitrogens with zero attached hydrogens (tertiary/aromatic N) is 2. The van der Waals surface area contributed by atoms with Crippen LogP contribution in [0.1, 0.15) is 25.8 Å². The largest absolute Gasteiger partial charge is 0.496 e. The summed E-state index contributed by atoms with van der Waals surface area (Å²) in [5.74, 6) is 0.439. The minimum atomic E-state index is -4.95. The van der Waals surface area contributed by atoms with Gasteiger partial charge in [0.25, 0.3) is 0 Å². The van der Waals surface area contributed by atoms with Gasteiger partial charge in [0.15, 0.2) is 11.0 Å². The Bertz CT molecular complexity index is 1400. The number of ether oxygens (including phenoxy) is 1. The first-order valence-corrected chi connectivity index (χ1v) is 11.8. The van der Waals surface area contributed by atoms with Gasteiger partial charge in [0, 0.05) is 24.0 Å². The molecule has 0 radical (unpaired) electrons. The molecule has 0 aliphatic carbocycles. The molecule has 0 spiro atoms. The van der Waals surface area contributed by atoms with Crippen molar-refractivity contribution in [2.45, 2.75) is 44.0 Å². The van der Waals surface area contributed by atoms with Gasteiger partial charge in [0.2, 0.25) is 0 Å². The zero-order valence-electron chi connectivity index (χ0n) is 19.5. The fourth-order valence-corrected chi connectivity index (χ4v) is 5.13. The van der Waals surface area contributed by atoms with E-state index >= 15 is 0 Å². The summed E-state index contributed by atoms with van der Waals surface area (Å²) in [6.45, 7) is 2.49. The van der Waals surface area contributed by atoms with E-state index < -0.39 is 30.2 Å². The van der Waals surface area contributed by atoms with E-state index in [0.29, 0.717) is 11.3 Å². The second-order valence-electron chi connectivity index (χ2n) is 9.20. The lowest BCUT2D eigenvalue weighted by molar-refractivity contribution is -0.271. The highest BCUT2D eigenvalue weighted by Gasteiger charge is 2.56. The van der Waals surface area contributed by atoms with Gasteiger partial charge < -0.3 is 14.4 Å². The third-order valence-electron chi connectivity index (χ3n) is 6.21. The highest BCUT2D eigenvalue weighted by atomic mass is 32.1. The zero-order valence-corrected chi connectivity index (χ0v) is 20.3. The summed E-state index contributed by atoms with van der Waals surface area (Å²) in [7, 11) is 1.47. The fraction of sp³-hybridized carbons (Fsp3) is 0.308. The van der Waals surface area contributed by atoms with E-state index in [1.807, 2.05) is 29.0 Å². The molecule has 4 aromatic rings. The van der Waals surface area contributed by atoms with Crippen molar-refractivity contribution in [3.63, 3.8) is 0 Å². The average Bonchev–Trinajstić information content (AvgIpc) is 3.35. The lowest BCUT2D eigenvalue weighted by atomic mass is 9.73. The molecule has 1 atom stereocenters. The van der Waals surface area contributed by atoms with Crippen LogP contribution in [0, 0.1) is 0 Å². The maximum Gasteiger partial charge on any atom is 0.418 e. The van der Waals surface area contributed by atoms with Crippen molar-refractivity contribution in [1.82, 2.24) is 9.55 Å². The Morgan fingerprint density at radius 2 is 1.89 bits per heavy atom. The highest BCUT2D eigenvalue weighted by Crippen LogP contribution is 2.45. The van der Waals surface area contributed by atoms with Crippen LogP contribution in [0.4, 0.5) is 13.2 Å². The number of alkyl halides is 3. The summed E-state index contributed by atoms with van der Waals surface area (Å²) < 4.78 is 49.9. The van der Waals surface area contributed by atoms with Crippen LogP contribution in [0.15, 0.2) is 70.4 Å². The molecule has 0 amide bonds. The topological polar surface area (TPSA) is 64.3 Å². The Morgan fingerprint density at radius 3 is 2.54 bits per heavy atom. The van der Waals surface area contributed by atoms with Crippen LogP contribution >= 0.6 is 11.3 Å². The van der Waals surface area contributed by atoms with Crippen LogP contribution in [0.25, 0.3) is 22.2 Å². The number of thiophene rings is 1. The van der Waals surface area contributed by atoms with Crippen molar-refractivity contribution >= 4 is 22.4 Å². The Labute approximate surface area is 204 Å². The molecule has 35 heavy (non-hydrogen) atoms. The van der Waals surface area contributed by atoms with Gasteiger partial charge in [-0.05, 0) is 64.1 Å². The van der Waals surface area contributed by atoms with Gasteiger partial charge in [0.05, 0.1) is 19.0 Å². The fourth-order valence-electron chi connectivity index (χ4n) is 4.46. The van der Waals surface area contributed by atoms with Crippen molar-refractivity contribution in [2.24, 2.45) is 0 Å². The molecule has 3 heterocycles. The van der Waals surface area contributed by atoms with Gasteiger partial charge in [-0.15, -0.1) is 0 Å². The van der Waals surface area contributed by atoms with Crippen LogP contribution in [0.2, 0.25) is 0 Å². The molecule has 0 saturated carbocycles. The number of rotatable bonds is 7.